The zero-order valence-corrected chi connectivity index (χ0v) is 28.3. The fourth-order valence-electron chi connectivity index (χ4n) is 5.45. The summed E-state index contributed by atoms with van der Waals surface area (Å²) in [6.07, 6.45) is 3.40. The summed E-state index contributed by atoms with van der Waals surface area (Å²) in [6.45, 7) is 2.47. The molecule has 0 saturated heterocycles. The van der Waals surface area contributed by atoms with Crippen LogP contribution in [0.25, 0.3) is 22.5 Å². The molecule has 5 rings (SSSR count). The van der Waals surface area contributed by atoms with E-state index < -0.39 is 17.9 Å². The summed E-state index contributed by atoms with van der Waals surface area (Å²) in [5, 5.41) is 34.3. The molecule has 0 aliphatic carbocycles. The molecule has 2 aromatic heterocycles. The largest absolute Gasteiger partial charge is 0.464 e. The minimum Gasteiger partial charge on any atom is -0.464 e. The first-order valence-electron chi connectivity index (χ1n) is 16.3. The Kier molecular flexibility index (Phi) is 13.2. The fraction of sp³-hybridized carbons (Fsp3) is 0.314. The minimum atomic E-state index is -1.01. The van der Waals surface area contributed by atoms with Gasteiger partial charge in [0.05, 0.1) is 18.6 Å². The van der Waals surface area contributed by atoms with Crippen LogP contribution in [0.5, 0.6) is 0 Å². The molecule has 1 atom stereocenters. The van der Waals surface area contributed by atoms with E-state index in [1.807, 2.05) is 83.4 Å². The van der Waals surface area contributed by atoms with Crippen LogP contribution in [0.1, 0.15) is 60.0 Å². The number of hydrogen-bond acceptors (Lipinski definition) is 11. The van der Waals surface area contributed by atoms with E-state index in [9.17, 15) is 9.59 Å². The van der Waals surface area contributed by atoms with Crippen molar-refractivity contribution in [2.45, 2.75) is 58.0 Å². The van der Waals surface area contributed by atoms with Crippen molar-refractivity contribution in [3.63, 3.8) is 0 Å². The highest BCUT2D eigenvalue weighted by Crippen LogP contribution is 2.30. The van der Waals surface area contributed by atoms with Crippen LogP contribution in [0.15, 0.2) is 78.9 Å². The number of H-pyrrole nitrogens is 1. The summed E-state index contributed by atoms with van der Waals surface area (Å²) in [5.41, 5.74) is 4.65. The lowest BCUT2D eigenvalue weighted by molar-refractivity contribution is -0.492. The molecule has 1 unspecified atom stereocenters. The Labute approximate surface area is 293 Å². The zero-order valence-electron chi connectivity index (χ0n) is 27.5. The number of benzene rings is 3. The second kappa shape index (κ2) is 18.1. The summed E-state index contributed by atoms with van der Waals surface area (Å²) in [5.74, 6) is 0.00439. The number of amides is 1. The third-order valence-electron chi connectivity index (χ3n) is 7.95. The lowest BCUT2D eigenvalue weighted by Gasteiger charge is -2.19. The second-order valence-electron chi connectivity index (χ2n) is 11.5. The van der Waals surface area contributed by atoms with Crippen LogP contribution in [-0.2, 0) is 33.8 Å². The van der Waals surface area contributed by atoms with E-state index in [0.29, 0.717) is 37.5 Å². The number of aromatic amines is 1. The quantitative estimate of drug-likeness (QED) is 0.0518. The monoisotopic (exact) mass is 702 g/mol. The molecule has 50 heavy (non-hydrogen) atoms. The first-order valence-corrected chi connectivity index (χ1v) is 16.7. The van der Waals surface area contributed by atoms with E-state index in [0.717, 1.165) is 40.7 Å². The van der Waals surface area contributed by atoms with Crippen molar-refractivity contribution < 1.29 is 29.6 Å². The van der Waals surface area contributed by atoms with Crippen LogP contribution in [0.2, 0.25) is 5.15 Å². The molecule has 15 heteroatoms. The van der Waals surface area contributed by atoms with Crippen molar-refractivity contribution in [1.29, 1.82) is 0 Å². The van der Waals surface area contributed by atoms with Gasteiger partial charge in [-0.05, 0) is 46.7 Å². The lowest BCUT2D eigenvalue weighted by Crippen LogP contribution is -2.44. The van der Waals surface area contributed by atoms with E-state index in [2.05, 4.69) is 42.7 Å². The number of aromatic nitrogens is 6. The van der Waals surface area contributed by atoms with Gasteiger partial charge in [-0.3, -0.25) is 20.0 Å². The summed E-state index contributed by atoms with van der Waals surface area (Å²) in [6, 6.07) is 24.1. The lowest BCUT2D eigenvalue weighted by atomic mass is 9.98. The van der Waals surface area contributed by atoms with E-state index in [-0.39, 0.29) is 35.9 Å². The smallest absolute Gasteiger partial charge is 0.328 e. The zero-order chi connectivity index (χ0) is 35.3. The third kappa shape index (κ3) is 9.80. The van der Waals surface area contributed by atoms with Crippen molar-refractivity contribution in [2.24, 2.45) is 0 Å². The second-order valence-corrected chi connectivity index (χ2v) is 11.9. The summed E-state index contributed by atoms with van der Waals surface area (Å²) in [4.78, 5) is 36.4. The van der Waals surface area contributed by atoms with Gasteiger partial charge in [-0.2, -0.15) is 5.21 Å². The van der Waals surface area contributed by atoms with E-state index in [1.54, 1.807) is 0 Å². The Balaban J connectivity index is 1.36. The predicted octanol–water partition coefficient (Wildman–Crippen LogP) is 5.45. The van der Waals surface area contributed by atoms with Gasteiger partial charge in [0, 0.05) is 24.9 Å². The molecule has 0 fully saturated rings. The number of halogens is 1. The summed E-state index contributed by atoms with van der Waals surface area (Å²) < 4.78 is 7.31. The van der Waals surface area contributed by atoms with Crippen molar-refractivity contribution in [1.82, 2.24) is 40.9 Å². The molecule has 4 N–H and O–H groups in total. The number of ether oxygens (including phenoxy) is 1. The standard InChI is InChI=1S/C35H39ClN8O6/c1-2-3-15-30-38-32(36)31(34(45)37-29(22-24-11-5-4-6-12-24)35(46)49-20-9-10-21-50-44(47)48)43(30)23-25-16-18-26(19-17-25)27-13-7-8-14-28(27)33-39-41-42-40-33/h4-8,11-14,16-19,29,47-48H,2-3,9-10,15,20-23H2,1H3,(H,37,45)(H,39,40,41,42). The van der Waals surface area contributed by atoms with Gasteiger partial charge < -0.3 is 14.6 Å². The average molecular weight is 703 g/mol. The first-order chi connectivity index (χ1) is 24.3. The number of unbranched alkanes of at least 4 members (excludes halogenated alkanes) is 2. The predicted molar refractivity (Wildman–Crippen MR) is 183 cm³/mol. The highest BCUT2D eigenvalue weighted by atomic mass is 35.5. The van der Waals surface area contributed by atoms with Gasteiger partial charge in [-0.25, -0.2) is 9.78 Å². The molecule has 0 bridgehead atoms. The molecular weight excluding hydrogens is 664 g/mol. The minimum absolute atomic E-state index is 0.0217. The molecule has 5 aromatic rings. The van der Waals surface area contributed by atoms with Gasteiger partial charge in [-0.1, -0.05) is 104 Å². The molecule has 262 valence electrons. The Morgan fingerprint density at radius 1 is 0.940 bits per heavy atom. The van der Waals surface area contributed by atoms with Gasteiger partial charge in [0.15, 0.2) is 5.15 Å². The van der Waals surface area contributed by atoms with Crippen molar-refractivity contribution in [3.8, 4) is 22.5 Å². The number of carbonyl (C=O) groups excluding carboxylic acids is 2. The number of esters is 1. The van der Waals surface area contributed by atoms with Crippen LogP contribution in [0.4, 0.5) is 0 Å². The number of carbonyl (C=O) groups is 2. The number of nitrogens with one attached hydrogen (secondary N) is 2. The van der Waals surface area contributed by atoms with Gasteiger partial charge in [0.25, 0.3) is 5.91 Å². The third-order valence-corrected chi connectivity index (χ3v) is 8.22. The van der Waals surface area contributed by atoms with E-state index in [1.165, 1.54) is 0 Å². The van der Waals surface area contributed by atoms with Crippen LogP contribution in [0, 0.1) is 0 Å². The highest BCUT2D eigenvalue weighted by Gasteiger charge is 2.28. The van der Waals surface area contributed by atoms with E-state index >= 15 is 0 Å². The van der Waals surface area contributed by atoms with Crippen LogP contribution >= 0.6 is 11.6 Å². The molecule has 14 nitrogen and oxygen atoms in total. The van der Waals surface area contributed by atoms with Gasteiger partial charge >= 0.3 is 5.97 Å². The SMILES string of the molecule is CCCCc1nc(Cl)c(C(=O)NC(Cc2ccccc2)C(=O)OCCCCON(O)O)n1Cc1ccc(-c2ccccc2-c2nn[nH]n2)cc1. The van der Waals surface area contributed by atoms with Gasteiger partial charge in [-0.15, -0.1) is 10.2 Å². The summed E-state index contributed by atoms with van der Waals surface area (Å²) in [7, 11) is 0. The molecule has 0 saturated carbocycles. The molecule has 0 radical (unpaired) electrons. The number of imidazole rings is 1. The molecule has 0 aliphatic rings. The Bertz CT molecular complexity index is 1820. The average Bonchev–Trinajstić information content (AvgIpc) is 3.77. The van der Waals surface area contributed by atoms with Crippen LogP contribution in [0.3, 0.4) is 0 Å². The van der Waals surface area contributed by atoms with Gasteiger partial charge in [0.1, 0.15) is 17.6 Å². The maximum Gasteiger partial charge on any atom is 0.328 e. The number of nitrogens with zero attached hydrogens (tertiary/aromatic N) is 6. The molecule has 0 spiro atoms. The van der Waals surface area contributed by atoms with Gasteiger partial charge in [0.2, 0.25) is 5.82 Å². The number of rotatable bonds is 18. The number of tetrazole rings is 1. The molecule has 0 aliphatic heterocycles. The van der Waals surface area contributed by atoms with Crippen molar-refractivity contribution in [2.75, 3.05) is 13.2 Å². The van der Waals surface area contributed by atoms with Crippen molar-refractivity contribution in [3.05, 3.63) is 107 Å². The molecule has 2 heterocycles. The Morgan fingerprint density at radius 2 is 1.66 bits per heavy atom. The van der Waals surface area contributed by atoms with Crippen LogP contribution < -0.4 is 5.32 Å². The maximum absolute atomic E-state index is 14.0. The topological polar surface area (TPSA) is 181 Å². The fourth-order valence-corrected chi connectivity index (χ4v) is 5.74. The Hall–Kier alpha value is -4.99. The number of hydrogen-bond donors (Lipinski definition) is 4. The molecule has 3 aromatic carbocycles. The number of aryl methyl sites for hydroxylation is 1. The highest BCUT2D eigenvalue weighted by molar-refractivity contribution is 6.32. The van der Waals surface area contributed by atoms with Crippen molar-refractivity contribution >= 4 is 23.5 Å². The summed E-state index contributed by atoms with van der Waals surface area (Å²) >= 11 is 6.66. The molecule has 1 amide bonds. The van der Waals surface area contributed by atoms with Crippen LogP contribution in [-0.4, -0.2) is 77.1 Å². The molecular formula is C35H39ClN8O6. The maximum atomic E-state index is 14.0. The normalized spacial score (nSPS) is 11.9. The van der Waals surface area contributed by atoms with E-state index in [4.69, 9.17) is 26.8 Å². The Morgan fingerprint density at radius 3 is 2.36 bits per heavy atom. The first kappa shape index (κ1) is 36.3.